The van der Waals surface area contributed by atoms with Crippen molar-refractivity contribution in [3.8, 4) is 0 Å². The lowest BCUT2D eigenvalue weighted by atomic mass is 10.2. The number of nitrogens with zero attached hydrogens (tertiary/aromatic N) is 2. The number of rotatable bonds is 5. The monoisotopic (exact) mass is 201 g/mol. The molecule has 1 N–H and O–H groups in total. The van der Waals surface area contributed by atoms with Crippen LogP contribution in [0.15, 0.2) is 0 Å². The van der Waals surface area contributed by atoms with E-state index >= 15 is 0 Å². The Morgan fingerprint density at radius 1 is 1.36 bits per heavy atom. The van der Waals surface area contributed by atoms with E-state index in [-0.39, 0.29) is 12.1 Å². The maximum Gasteiger partial charge on any atom is 0.317 e. The van der Waals surface area contributed by atoms with Gasteiger partial charge >= 0.3 is 6.03 Å². The molecule has 0 radical (unpaired) electrons. The zero-order chi connectivity index (χ0) is 11.1. The van der Waals surface area contributed by atoms with Gasteiger partial charge in [-0.25, -0.2) is 4.79 Å². The van der Waals surface area contributed by atoms with Crippen LogP contribution in [0, 0.1) is 0 Å². The first-order valence-electron chi connectivity index (χ1n) is 5.13. The molecule has 0 aliphatic carbocycles. The van der Waals surface area contributed by atoms with Gasteiger partial charge in [0.1, 0.15) is 0 Å². The topological polar surface area (TPSA) is 35.6 Å². The number of nitrogens with one attached hydrogen (secondary N) is 1. The number of urea groups is 1. The van der Waals surface area contributed by atoms with E-state index < -0.39 is 0 Å². The molecule has 0 saturated heterocycles. The normalized spacial score (nSPS) is 12.7. The largest absolute Gasteiger partial charge is 0.335 e. The average molecular weight is 201 g/mol. The highest BCUT2D eigenvalue weighted by molar-refractivity contribution is 5.74. The molecule has 1 atom stereocenters. The summed E-state index contributed by atoms with van der Waals surface area (Å²) in [5.41, 5.74) is 0. The molecule has 84 valence electrons. The number of carbonyl (C=O) groups is 1. The van der Waals surface area contributed by atoms with Gasteiger partial charge in [-0.3, -0.25) is 0 Å². The molecular weight excluding hydrogens is 178 g/mol. The molecule has 0 aromatic rings. The second-order valence-electron chi connectivity index (χ2n) is 3.96. The van der Waals surface area contributed by atoms with E-state index in [1.54, 1.807) is 11.9 Å². The van der Waals surface area contributed by atoms with Gasteiger partial charge in [0, 0.05) is 19.6 Å². The summed E-state index contributed by atoms with van der Waals surface area (Å²) >= 11 is 0. The van der Waals surface area contributed by atoms with Crippen LogP contribution < -0.4 is 5.32 Å². The fraction of sp³-hybridized carbons (Fsp3) is 0.900. The summed E-state index contributed by atoms with van der Waals surface area (Å²) in [5, 5.41) is 2.95. The van der Waals surface area contributed by atoms with Crippen molar-refractivity contribution in [3.05, 3.63) is 0 Å². The Balaban J connectivity index is 3.71. The van der Waals surface area contributed by atoms with Crippen molar-refractivity contribution in [2.24, 2.45) is 0 Å². The SMILES string of the molecule is CCN(C)C(=O)NC(C)CCN(C)C. The molecule has 0 spiro atoms. The smallest absolute Gasteiger partial charge is 0.317 e. The molecule has 0 aromatic heterocycles. The van der Waals surface area contributed by atoms with Gasteiger partial charge in [0.05, 0.1) is 0 Å². The third-order valence-electron chi connectivity index (χ3n) is 2.20. The minimum atomic E-state index is 0.0127. The van der Waals surface area contributed by atoms with Gasteiger partial charge in [-0.05, 0) is 40.9 Å². The Hall–Kier alpha value is -0.770. The minimum absolute atomic E-state index is 0.0127. The van der Waals surface area contributed by atoms with E-state index in [1.165, 1.54) is 0 Å². The molecule has 1 unspecified atom stereocenters. The van der Waals surface area contributed by atoms with Crippen LogP contribution in [0.5, 0.6) is 0 Å². The number of hydrogen-bond acceptors (Lipinski definition) is 2. The molecule has 2 amide bonds. The summed E-state index contributed by atoms with van der Waals surface area (Å²) in [5.74, 6) is 0. The summed E-state index contributed by atoms with van der Waals surface area (Å²) in [6.07, 6.45) is 0.982. The molecule has 0 saturated carbocycles. The summed E-state index contributed by atoms with van der Waals surface area (Å²) in [7, 11) is 5.87. The van der Waals surface area contributed by atoms with E-state index in [0.717, 1.165) is 19.5 Å². The van der Waals surface area contributed by atoms with Crippen LogP contribution in [0.4, 0.5) is 4.79 Å². The van der Waals surface area contributed by atoms with Crippen molar-refractivity contribution in [2.45, 2.75) is 26.3 Å². The zero-order valence-electron chi connectivity index (χ0n) is 10.0. The lowest BCUT2D eigenvalue weighted by Crippen LogP contribution is -2.42. The first-order chi connectivity index (χ1) is 6.47. The maximum atomic E-state index is 11.4. The van der Waals surface area contributed by atoms with E-state index in [9.17, 15) is 4.79 Å². The first-order valence-corrected chi connectivity index (χ1v) is 5.13. The van der Waals surface area contributed by atoms with Crippen molar-refractivity contribution < 1.29 is 4.79 Å². The van der Waals surface area contributed by atoms with Crippen LogP contribution in [0.1, 0.15) is 20.3 Å². The molecule has 14 heavy (non-hydrogen) atoms. The molecule has 0 heterocycles. The molecule has 4 heteroatoms. The minimum Gasteiger partial charge on any atom is -0.335 e. The van der Waals surface area contributed by atoms with Gasteiger partial charge in [0.15, 0.2) is 0 Å². The van der Waals surface area contributed by atoms with Crippen LogP contribution in [-0.4, -0.2) is 56.1 Å². The fourth-order valence-corrected chi connectivity index (χ4v) is 0.989. The van der Waals surface area contributed by atoms with Crippen molar-refractivity contribution in [1.29, 1.82) is 0 Å². The fourth-order valence-electron chi connectivity index (χ4n) is 0.989. The Morgan fingerprint density at radius 2 is 1.93 bits per heavy atom. The molecule has 4 nitrogen and oxygen atoms in total. The Bertz CT molecular complexity index is 171. The van der Waals surface area contributed by atoms with Crippen LogP contribution in [0.3, 0.4) is 0 Å². The Kier molecular flexibility index (Phi) is 6.28. The number of hydrogen-bond donors (Lipinski definition) is 1. The second kappa shape index (κ2) is 6.65. The van der Waals surface area contributed by atoms with Gasteiger partial charge in [0.2, 0.25) is 0 Å². The number of carbonyl (C=O) groups excluding carboxylic acids is 1. The zero-order valence-corrected chi connectivity index (χ0v) is 10.0. The van der Waals surface area contributed by atoms with Crippen molar-refractivity contribution in [1.82, 2.24) is 15.1 Å². The highest BCUT2D eigenvalue weighted by atomic mass is 16.2. The lowest BCUT2D eigenvalue weighted by Gasteiger charge is -2.21. The van der Waals surface area contributed by atoms with Gasteiger partial charge in [-0.15, -0.1) is 0 Å². The van der Waals surface area contributed by atoms with Crippen molar-refractivity contribution >= 4 is 6.03 Å². The maximum absolute atomic E-state index is 11.4. The molecule has 0 aromatic carbocycles. The van der Waals surface area contributed by atoms with Crippen LogP contribution in [0.25, 0.3) is 0 Å². The Morgan fingerprint density at radius 3 is 2.36 bits per heavy atom. The standard InChI is InChI=1S/C10H23N3O/c1-6-13(5)10(14)11-9(2)7-8-12(3)4/h9H,6-8H2,1-5H3,(H,11,14). The van der Waals surface area contributed by atoms with E-state index in [1.807, 2.05) is 27.9 Å². The predicted molar refractivity (Wildman–Crippen MR) is 59.5 cm³/mol. The molecule has 0 fully saturated rings. The van der Waals surface area contributed by atoms with Crippen LogP contribution in [0.2, 0.25) is 0 Å². The van der Waals surface area contributed by atoms with Gasteiger partial charge in [-0.2, -0.15) is 0 Å². The van der Waals surface area contributed by atoms with Crippen LogP contribution >= 0.6 is 0 Å². The summed E-state index contributed by atoms with van der Waals surface area (Å²) in [6, 6.07) is 0.248. The van der Waals surface area contributed by atoms with Gasteiger partial charge < -0.3 is 15.1 Å². The summed E-state index contributed by atoms with van der Waals surface area (Å²) in [4.78, 5) is 15.2. The highest BCUT2D eigenvalue weighted by Gasteiger charge is 2.09. The predicted octanol–water partition coefficient (Wildman–Crippen LogP) is 0.988. The molecule has 0 aliphatic rings. The second-order valence-corrected chi connectivity index (χ2v) is 3.96. The third-order valence-corrected chi connectivity index (χ3v) is 2.20. The van der Waals surface area contributed by atoms with Crippen molar-refractivity contribution in [3.63, 3.8) is 0 Å². The van der Waals surface area contributed by atoms with Crippen LogP contribution in [-0.2, 0) is 0 Å². The summed E-state index contributed by atoms with van der Waals surface area (Å²) in [6.45, 7) is 5.73. The highest BCUT2D eigenvalue weighted by Crippen LogP contribution is 1.94. The third kappa shape index (κ3) is 5.80. The molecule has 0 rings (SSSR count). The number of amides is 2. The van der Waals surface area contributed by atoms with E-state index in [2.05, 4.69) is 10.2 Å². The Labute approximate surface area is 87.3 Å². The first kappa shape index (κ1) is 13.2. The molecule has 0 aliphatic heterocycles. The van der Waals surface area contributed by atoms with E-state index in [0.29, 0.717) is 0 Å². The molecular formula is C10H23N3O. The molecule has 0 bridgehead atoms. The van der Waals surface area contributed by atoms with Gasteiger partial charge in [-0.1, -0.05) is 0 Å². The van der Waals surface area contributed by atoms with Crippen molar-refractivity contribution in [2.75, 3.05) is 34.2 Å². The van der Waals surface area contributed by atoms with Gasteiger partial charge in [0.25, 0.3) is 0 Å². The summed E-state index contributed by atoms with van der Waals surface area (Å²) < 4.78 is 0. The average Bonchev–Trinajstić information content (AvgIpc) is 2.13. The van der Waals surface area contributed by atoms with E-state index in [4.69, 9.17) is 0 Å². The quantitative estimate of drug-likeness (QED) is 0.720. The lowest BCUT2D eigenvalue weighted by molar-refractivity contribution is 0.206.